The Hall–Kier alpha value is -0.610. The number of nitrogens with two attached hydrogens (primary N) is 1. The van der Waals surface area contributed by atoms with Crippen LogP contribution >= 0.6 is 0 Å². The van der Waals surface area contributed by atoms with Gasteiger partial charge in [-0.2, -0.15) is 0 Å². The Kier molecular flexibility index (Phi) is 2.74. The van der Waals surface area contributed by atoms with E-state index in [1.54, 1.807) is 0 Å². The van der Waals surface area contributed by atoms with Crippen LogP contribution in [0.25, 0.3) is 0 Å². The van der Waals surface area contributed by atoms with Crippen LogP contribution < -0.4 is 11.1 Å². The highest BCUT2D eigenvalue weighted by molar-refractivity contribution is 5.80. The lowest BCUT2D eigenvalue weighted by Gasteiger charge is -2.20. The lowest BCUT2D eigenvalue weighted by atomic mass is 9.88. The molecule has 0 aliphatic carbocycles. The molecule has 0 unspecified atom stereocenters. The summed E-state index contributed by atoms with van der Waals surface area (Å²) >= 11 is 0. The minimum atomic E-state index is 0.0710. The molecule has 3 N–H and O–H groups in total. The maximum Gasteiger partial charge on any atom is 0.226 e. The van der Waals surface area contributed by atoms with Gasteiger partial charge in [0, 0.05) is 12.6 Å². The largest absolute Gasteiger partial charge is 0.374 e. The molecule has 1 amide bonds. The van der Waals surface area contributed by atoms with Gasteiger partial charge in [0.2, 0.25) is 5.91 Å². The second kappa shape index (κ2) is 3.87. The first-order valence-corrected chi connectivity index (χ1v) is 5.36. The van der Waals surface area contributed by atoms with E-state index in [1.165, 1.54) is 0 Å². The van der Waals surface area contributed by atoms with Crippen molar-refractivity contribution in [2.75, 3.05) is 6.54 Å². The van der Waals surface area contributed by atoms with Crippen molar-refractivity contribution in [3.63, 3.8) is 0 Å². The maximum absolute atomic E-state index is 11.8. The van der Waals surface area contributed by atoms with Crippen LogP contribution in [0.3, 0.4) is 0 Å². The third-order valence-corrected chi connectivity index (χ3v) is 3.18. The van der Waals surface area contributed by atoms with Crippen molar-refractivity contribution in [1.82, 2.24) is 5.32 Å². The minimum Gasteiger partial charge on any atom is -0.374 e. The van der Waals surface area contributed by atoms with Gasteiger partial charge >= 0.3 is 0 Å². The topological polar surface area (TPSA) is 64.3 Å². The molecular weight excluding hydrogens is 180 g/mol. The van der Waals surface area contributed by atoms with Crippen molar-refractivity contribution in [3.05, 3.63) is 0 Å². The van der Waals surface area contributed by atoms with E-state index in [2.05, 4.69) is 5.32 Å². The third kappa shape index (κ3) is 1.77. The average molecular weight is 198 g/mol. The fourth-order valence-electron chi connectivity index (χ4n) is 2.32. The molecule has 2 aliphatic heterocycles. The fraction of sp³-hybridized carbons (Fsp3) is 0.900. The molecule has 0 saturated carbocycles. The first kappa shape index (κ1) is 9.93. The summed E-state index contributed by atoms with van der Waals surface area (Å²) in [5.74, 6) is 0.193. The van der Waals surface area contributed by atoms with Crippen LogP contribution in [0.15, 0.2) is 0 Å². The Morgan fingerprint density at radius 1 is 1.64 bits per heavy atom. The Labute approximate surface area is 84.2 Å². The third-order valence-electron chi connectivity index (χ3n) is 3.18. The van der Waals surface area contributed by atoms with Crippen LogP contribution in [0.5, 0.6) is 0 Å². The summed E-state index contributed by atoms with van der Waals surface area (Å²) in [7, 11) is 0. The molecule has 2 bridgehead atoms. The smallest absolute Gasteiger partial charge is 0.226 e. The summed E-state index contributed by atoms with van der Waals surface area (Å²) in [5.41, 5.74) is 5.45. The lowest BCUT2D eigenvalue weighted by molar-refractivity contribution is -0.127. The van der Waals surface area contributed by atoms with E-state index in [1.807, 2.05) is 6.92 Å². The predicted octanol–water partition coefficient (Wildman–Crippen LogP) is 0.0173. The fourth-order valence-corrected chi connectivity index (χ4v) is 2.32. The number of hydrogen-bond donors (Lipinski definition) is 2. The monoisotopic (exact) mass is 198 g/mol. The average Bonchev–Trinajstić information content (AvgIpc) is 2.78. The maximum atomic E-state index is 11.8. The van der Waals surface area contributed by atoms with Crippen LogP contribution in [0, 0.1) is 5.92 Å². The summed E-state index contributed by atoms with van der Waals surface area (Å²) in [6.07, 6.45) is 3.57. The number of amides is 1. The van der Waals surface area contributed by atoms with E-state index >= 15 is 0 Å². The van der Waals surface area contributed by atoms with E-state index in [-0.39, 0.29) is 24.0 Å². The number of hydrogen-bond acceptors (Lipinski definition) is 3. The van der Waals surface area contributed by atoms with Crippen molar-refractivity contribution in [1.29, 1.82) is 0 Å². The molecule has 2 heterocycles. The van der Waals surface area contributed by atoms with E-state index in [9.17, 15) is 4.79 Å². The Bertz CT molecular complexity index is 232. The summed E-state index contributed by atoms with van der Waals surface area (Å²) in [6.45, 7) is 2.42. The summed E-state index contributed by atoms with van der Waals surface area (Å²) in [4.78, 5) is 11.8. The summed E-state index contributed by atoms with van der Waals surface area (Å²) < 4.78 is 5.63. The normalized spacial score (nSPS) is 37.1. The highest BCUT2D eigenvalue weighted by atomic mass is 16.5. The molecule has 2 rings (SSSR count). The number of rotatable bonds is 3. The zero-order valence-corrected chi connectivity index (χ0v) is 8.53. The van der Waals surface area contributed by atoms with Gasteiger partial charge in [-0.1, -0.05) is 0 Å². The van der Waals surface area contributed by atoms with Crippen molar-refractivity contribution in [2.24, 2.45) is 11.7 Å². The predicted molar refractivity (Wildman–Crippen MR) is 52.7 cm³/mol. The van der Waals surface area contributed by atoms with Gasteiger partial charge in [0.1, 0.15) is 0 Å². The van der Waals surface area contributed by atoms with Gasteiger partial charge in [0.05, 0.1) is 18.1 Å². The molecular formula is C10H18N2O2. The molecule has 0 aromatic rings. The summed E-state index contributed by atoms with van der Waals surface area (Å²) in [5, 5.41) is 2.91. The van der Waals surface area contributed by atoms with Crippen molar-refractivity contribution in [2.45, 2.75) is 44.4 Å². The highest BCUT2D eigenvalue weighted by Crippen LogP contribution is 2.38. The van der Waals surface area contributed by atoms with Gasteiger partial charge in [-0.3, -0.25) is 4.79 Å². The second-order valence-electron chi connectivity index (χ2n) is 4.36. The molecule has 2 fully saturated rings. The summed E-state index contributed by atoms with van der Waals surface area (Å²) in [6, 6.07) is 0.0710. The number of ether oxygens (including phenoxy) is 1. The Balaban J connectivity index is 1.87. The quantitative estimate of drug-likeness (QED) is 0.672. The Morgan fingerprint density at radius 3 is 2.93 bits per heavy atom. The minimum absolute atomic E-state index is 0.0710. The molecule has 4 nitrogen and oxygen atoms in total. The number of fused-ring (bicyclic) bond motifs is 2. The SMILES string of the molecule is C[C@@H](CN)NC(=O)[C@@H]1C[C@H]2CC[C@@H]1O2. The van der Waals surface area contributed by atoms with E-state index in [4.69, 9.17) is 10.5 Å². The van der Waals surface area contributed by atoms with Crippen molar-refractivity contribution < 1.29 is 9.53 Å². The van der Waals surface area contributed by atoms with Gasteiger partial charge < -0.3 is 15.8 Å². The standard InChI is InChI=1S/C10H18N2O2/c1-6(5-11)12-10(13)8-4-7-2-3-9(8)14-7/h6-9H,2-5,11H2,1H3,(H,12,13)/t6-,7+,8+,9-/m0/s1. The number of nitrogens with one attached hydrogen (secondary N) is 1. The molecule has 2 aliphatic rings. The second-order valence-corrected chi connectivity index (χ2v) is 4.36. The van der Waals surface area contributed by atoms with E-state index in [0.717, 1.165) is 19.3 Å². The molecule has 0 spiro atoms. The van der Waals surface area contributed by atoms with E-state index in [0.29, 0.717) is 12.6 Å². The molecule has 2 saturated heterocycles. The first-order valence-electron chi connectivity index (χ1n) is 5.36. The molecule has 0 radical (unpaired) electrons. The number of carbonyl (C=O) groups excluding carboxylic acids is 1. The molecule has 80 valence electrons. The van der Waals surface area contributed by atoms with Crippen LogP contribution in [-0.4, -0.2) is 30.7 Å². The highest BCUT2D eigenvalue weighted by Gasteiger charge is 2.44. The van der Waals surface area contributed by atoms with Crippen LogP contribution in [0.4, 0.5) is 0 Å². The Morgan fingerprint density at radius 2 is 2.43 bits per heavy atom. The van der Waals surface area contributed by atoms with Crippen LogP contribution in [0.1, 0.15) is 26.2 Å². The van der Waals surface area contributed by atoms with Gasteiger partial charge in [-0.25, -0.2) is 0 Å². The zero-order chi connectivity index (χ0) is 10.1. The zero-order valence-electron chi connectivity index (χ0n) is 8.53. The van der Waals surface area contributed by atoms with E-state index < -0.39 is 0 Å². The molecule has 4 heteroatoms. The van der Waals surface area contributed by atoms with Gasteiger partial charge in [0.25, 0.3) is 0 Å². The van der Waals surface area contributed by atoms with Gasteiger partial charge in [-0.15, -0.1) is 0 Å². The molecule has 0 aromatic heterocycles. The lowest BCUT2D eigenvalue weighted by Crippen LogP contribution is -2.43. The molecule has 4 atom stereocenters. The van der Waals surface area contributed by atoms with Crippen LogP contribution in [0.2, 0.25) is 0 Å². The van der Waals surface area contributed by atoms with Gasteiger partial charge in [-0.05, 0) is 26.2 Å². The van der Waals surface area contributed by atoms with Crippen molar-refractivity contribution >= 4 is 5.91 Å². The molecule has 0 aromatic carbocycles. The van der Waals surface area contributed by atoms with Gasteiger partial charge in [0.15, 0.2) is 0 Å². The number of carbonyl (C=O) groups is 1. The first-order chi connectivity index (χ1) is 6.70. The molecule has 14 heavy (non-hydrogen) atoms. The van der Waals surface area contributed by atoms with Crippen molar-refractivity contribution in [3.8, 4) is 0 Å². The van der Waals surface area contributed by atoms with Crippen LogP contribution in [-0.2, 0) is 9.53 Å².